The summed E-state index contributed by atoms with van der Waals surface area (Å²) in [6, 6.07) is 15.6. The van der Waals surface area contributed by atoms with E-state index in [1.54, 1.807) is 0 Å². The molecule has 1 heterocycles. The first-order valence-electron chi connectivity index (χ1n) is 10.5. The van der Waals surface area contributed by atoms with E-state index < -0.39 is 0 Å². The van der Waals surface area contributed by atoms with Gasteiger partial charge in [0.15, 0.2) is 0 Å². The van der Waals surface area contributed by atoms with Crippen LogP contribution in [0.5, 0.6) is 0 Å². The molecule has 1 aliphatic heterocycles. The van der Waals surface area contributed by atoms with Crippen molar-refractivity contribution in [2.75, 3.05) is 29.9 Å². The van der Waals surface area contributed by atoms with Gasteiger partial charge in [0, 0.05) is 37.1 Å². The number of anilines is 2. The monoisotopic (exact) mass is 377 g/mol. The molecule has 28 heavy (non-hydrogen) atoms. The molecule has 1 saturated heterocycles. The van der Waals surface area contributed by atoms with Crippen LogP contribution in [0.15, 0.2) is 42.5 Å². The first-order chi connectivity index (χ1) is 13.6. The number of amides is 1. The zero-order valence-electron chi connectivity index (χ0n) is 17.1. The molecular formula is C24H31N3O. The van der Waals surface area contributed by atoms with Gasteiger partial charge in [-0.2, -0.15) is 0 Å². The van der Waals surface area contributed by atoms with Crippen LogP contribution < -0.4 is 10.2 Å². The van der Waals surface area contributed by atoms with Crippen LogP contribution in [0.2, 0.25) is 0 Å². The highest BCUT2D eigenvalue weighted by Crippen LogP contribution is 2.29. The summed E-state index contributed by atoms with van der Waals surface area (Å²) < 4.78 is 0. The Kier molecular flexibility index (Phi) is 5.67. The summed E-state index contributed by atoms with van der Waals surface area (Å²) in [5.41, 5.74) is 5.88. The maximum absolute atomic E-state index is 12.7. The predicted octanol–water partition coefficient (Wildman–Crippen LogP) is 4.51. The van der Waals surface area contributed by atoms with Crippen molar-refractivity contribution in [2.45, 2.75) is 52.1 Å². The highest BCUT2D eigenvalue weighted by Gasteiger charge is 2.30. The summed E-state index contributed by atoms with van der Waals surface area (Å²) in [5, 5.41) is 3.14. The second-order valence-electron chi connectivity index (χ2n) is 8.36. The van der Waals surface area contributed by atoms with E-state index in [1.807, 2.05) is 0 Å². The fourth-order valence-corrected chi connectivity index (χ4v) is 4.02. The van der Waals surface area contributed by atoms with Crippen molar-refractivity contribution < 1.29 is 4.79 Å². The van der Waals surface area contributed by atoms with Gasteiger partial charge in [-0.05, 0) is 68.9 Å². The molecule has 4 rings (SSSR count). The first-order valence-corrected chi connectivity index (χ1v) is 10.5. The standard InChI is InChI=1S/C24H31N3O/c1-18-5-7-20(8-6-18)16-27(21-9-10-21)17-24(28)25-23-12-11-22(15-19(23)2)26-13-3-4-14-26/h5-8,11-12,15,21H,3-4,9-10,13-14,16-17H2,1-2H3,(H,25,28). The van der Waals surface area contributed by atoms with Crippen LogP contribution in [0.3, 0.4) is 0 Å². The Morgan fingerprint density at radius 2 is 1.79 bits per heavy atom. The van der Waals surface area contributed by atoms with Gasteiger partial charge in [0.1, 0.15) is 0 Å². The average Bonchev–Trinajstić information content (AvgIpc) is 3.38. The fourth-order valence-electron chi connectivity index (χ4n) is 4.02. The fraction of sp³-hybridized carbons (Fsp3) is 0.458. The van der Waals surface area contributed by atoms with E-state index in [-0.39, 0.29) is 5.91 Å². The minimum Gasteiger partial charge on any atom is -0.372 e. The number of benzene rings is 2. The zero-order valence-corrected chi connectivity index (χ0v) is 17.1. The number of hydrogen-bond donors (Lipinski definition) is 1. The van der Waals surface area contributed by atoms with E-state index in [9.17, 15) is 4.79 Å². The first kappa shape index (κ1) is 19.0. The quantitative estimate of drug-likeness (QED) is 0.771. The van der Waals surface area contributed by atoms with Crippen LogP contribution in [0, 0.1) is 13.8 Å². The highest BCUT2D eigenvalue weighted by molar-refractivity contribution is 5.93. The minimum atomic E-state index is 0.0797. The Hall–Kier alpha value is -2.33. The molecule has 0 atom stereocenters. The van der Waals surface area contributed by atoms with Crippen molar-refractivity contribution in [3.63, 3.8) is 0 Å². The van der Waals surface area contributed by atoms with Gasteiger partial charge >= 0.3 is 0 Å². The highest BCUT2D eigenvalue weighted by atomic mass is 16.2. The molecule has 2 aromatic rings. The molecule has 2 aromatic carbocycles. The number of rotatable bonds is 7. The lowest BCUT2D eigenvalue weighted by atomic mass is 10.1. The third-order valence-electron chi connectivity index (χ3n) is 5.87. The second kappa shape index (κ2) is 8.36. The molecule has 1 N–H and O–H groups in total. The molecule has 2 aliphatic rings. The average molecular weight is 378 g/mol. The van der Waals surface area contributed by atoms with Crippen LogP contribution in [-0.4, -0.2) is 36.5 Å². The van der Waals surface area contributed by atoms with Crippen molar-refractivity contribution >= 4 is 17.3 Å². The molecular weight excluding hydrogens is 346 g/mol. The van der Waals surface area contributed by atoms with Gasteiger partial charge in [0.2, 0.25) is 5.91 Å². The number of aryl methyl sites for hydroxylation is 2. The van der Waals surface area contributed by atoms with Crippen molar-refractivity contribution in [3.8, 4) is 0 Å². The number of nitrogens with one attached hydrogen (secondary N) is 1. The molecule has 1 aliphatic carbocycles. The summed E-state index contributed by atoms with van der Waals surface area (Å²) >= 11 is 0. The van der Waals surface area contributed by atoms with E-state index in [4.69, 9.17) is 0 Å². The van der Waals surface area contributed by atoms with Gasteiger partial charge in [-0.1, -0.05) is 29.8 Å². The maximum atomic E-state index is 12.7. The number of nitrogens with zero attached hydrogens (tertiary/aromatic N) is 2. The van der Waals surface area contributed by atoms with Gasteiger partial charge in [-0.3, -0.25) is 9.69 Å². The van der Waals surface area contributed by atoms with E-state index in [0.717, 1.165) is 30.9 Å². The van der Waals surface area contributed by atoms with E-state index in [0.29, 0.717) is 12.6 Å². The summed E-state index contributed by atoms with van der Waals surface area (Å²) in [7, 11) is 0. The van der Waals surface area contributed by atoms with Crippen LogP contribution in [0.1, 0.15) is 42.4 Å². The summed E-state index contributed by atoms with van der Waals surface area (Å²) in [6.07, 6.45) is 4.94. The molecule has 0 unspecified atom stereocenters. The Labute approximate surface area is 168 Å². The SMILES string of the molecule is Cc1ccc(CN(CC(=O)Nc2ccc(N3CCCC3)cc2C)C2CC2)cc1. The zero-order chi connectivity index (χ0) is 19.5. The molecule has 0 aromatic heterocycles. The third kappa shape index (κ3) is 4.74. The summed E-state index contributed by atoms with van der Waals surface area (Å²) in [6.45, 7) is 7.76. The number of carbonyl (C=O) groups is 1. The van der Waals surface area contributed by atoms with Crippen LogP contribution >= 0.6 is 0 Å². The predicted molar refractivity (Wildman–Crippen MR) is 116 cm³/mol. The number of carbonyl (C=O) groups excluding carboxylic acids is 1. The third-order valence-corrected chi connectivity index (χ3v) is 5.87. The Morgan fingerprint density at radius 1 is 1.07 bits per heavy atom. The molecule has 4 heteroatoms. The van der Waals surface area contributed by atoms with Crippen molar-refractivity contribution in [1.29, 1.82) is 0 Å². The maximum Gasteiger partial charge on any atom is 0.238 e. The largest absolute Gasteiger partial charge is 0.372 e. The molecule has 0 radical (unpaired) electrons. The van der Waals surface area contributed by atoms with Gasteiger partial charge in [-0.25, -0.2) is 0 Å². The molecule has 4 nitrogen and oxygen atoms in total. The molecule has 148 valence electrons. The topological polar surface area (TPSA) is 35.6 Å². The smallest absolute Gasteiger partial charge is 0.238 e. The van der Waals surface area contributed by atoms with Crippen molar-refractivity contribution in [2.24, 2.45) is 0 Å². The Morgan fingerprint density at radius 3 is 2.43 bits per heavy atom. The van der Waals surface area contributed by atoms with Gasteiger partial charge in [-0.15, -0.1) is 0 Å². The van der Waals surface area contributed by atoms with E-state index >= 15 is 0 Å². The summed E-state index contributed by atoms with van der Waals surface area (Å²) in [4.78, 5) is 17.5. The Balaban J connectivity index is 1.37. The van der Waals surface area contributed by atoms with E-state index in [2.05, 4.69) is 71.4 Å². The van der Waals surface area contributed by atoms with Crippen LogP contribution in [0.4, 0.5) is 11.4 Å². The lowest BCUT2D eigenvalue weighted by Crippen LogP contribution is -2.34. The molecule has 2 fully saturated rings. The van der Waals surface area contributed by atoms with Gasteiger partial charge in [0.25, 0.3) is 0 Å². The lowest BCUT2D eigenvalue weighted by Gasteiger charge is -2.22. The van der Waals surface area contributed by atoms with Crippen LogP contribution in [0.25, 0.3) is 0 Å². The Bertz CT molecular complexity index is 820. The molecule has 0 bridgehead atoms. The normalized spacial score (nSPS) is 16.6. The van der Waals surface area contributed by atoms with Gasteiger partial charge < -0.3 is 10.2 Å². The van der Waals surface area contributed by atoms with E-state index in [1.165, 1.54) is 42.5 Å². The van der Waals surface area contributed by atoms with Gasteiger partial charge in [0.05, 0.1) is 6.54 Å². The second-order valence-corrected chi connectivity index (χ2v) is 8.36. The van der Waals surface area contributed by atoms with Crippen molar-refractivity contribution in [1.82, 2.24) is 4.90 Å². The number of hydrogen-bond acceptors (Lipinski definition) is 3. The van der Waals surface area contributed by atoms with Crippen LogP contribution in [-0.2, 0) is 11.3 Å². The minimum absolute atomic E-state index is 0.0797. The summed E-state index contributed by atoms with van der Waals surface area (Å²) in [5.74, 6) is 0.0797. The van der Waals surface area contributed by atoms with Crippen molar-refractivity contribution in [3.05, 3.63) is 59.2 Å². The molecule has 0 spiro atoms. The molecule has 1 saturated carbocycles. The molecule has 1 amide bonds. The lowest BCUT2D eigenvalue weighted by molar-refractivity contribution is -0.117.